The number of hydrogen-bond donors (Lipinski definition) is 1. The van der Waals surface area contributed by atoms with Crippen molar-refractivity contribution in [1.29, 1.82) is 5.26 Å². The molecule has 0 radical (unpaired) electrons. The summed E-state index contributed by atoms with van der Waals surface area (Å²) in [7, 11) is 2.09. The van der Waals surface area contributed by atoms with Gasteiger partial charge in [0.1, 0.15) is 0 Å². The molecule has 0 aliphatic carbocycles. The third-order valence-corrected chi connectivity index (χ3v) is 1.71. The van der Waals surface area contributed by atoms with E-state index in [-0.39, 0.29) is 0 Å². The summed E-state index contributed by atoms with van der Waals surface area (Å²) in [6, 6.07) is 0. The van der Waals surface area contributed by atoms with E-state index in [4.69, 9.17) is 5.26 Å². The molecule has 1 saturated heterocycles. The average molecular weight is 140 g/mol. The van der Waals surface area contributed by atoms with E-state index < -0.39 is 0 Å². The summed E-state index contributed by atoms with van der Waals surface area (Å²) in [5, 5.41) is 10.2. The summed E-state index contributed by atoms with van der Waals surface area (Å²) >= 11 is 0. The molecule has 1 fully saturated rings. The number of hydrogen-bond acceptors (Lipinski definition) is 4. The van der Waals surface area contributed by atoms with E-state index in [9.17, 15) is 0 Å². The lowest BCUT2D eigenvalue weighted by Crippen LogP contribution is -2.49. The summed E-state index contributed by atoms with van der Waals surface area (Å²) in [5.41, 5.74) is 2.62. The van der Waals surface area contributed by atoms with Gasteiger partial charge < -0.3 is 4.90 Å². The maximum atomic E-state index is 8.27. The zero-order valence-corrected chi connectivity index (χ0v) is 6.17. The summed E-state index contributed by atoms with van der Waals surface area (Å²) in [6.07, 6.45) is 1.91. The molecule has 0 bridgehead atoms. The molecule has 0 aromatic heterocycles. The first-order valence-corrected chi connectivity index (χ1v) is 3.41. The molecule has 56 valence electrons. The van der Waals surface area contributed by atoms with Gasteiger partial charge in [0.2, 0.25) is 0 Å². The zero-order chi connectivity index (χ0) is 7.40. The van der Waals surface area contributed by atoms with Crippen LogP contribution < -0.4 is 5.43 Å². The van der Waals surface area contributed by atoms with E-state index in [1.165, 1.54) is 0 Å². The van der Waals surface area contributed by atoms with Gasteiger partial charge in [-0.2, -0.15) is 5.26 Å². The Bertz CT molecular complexity index is 131. The Labute approximate surface area is 61.0 Å². The van der Waals surface area contributed by atoms with E-state index >= 15 is 0 Å². The van der Waals surface area contributed by atoms with Gasteiger partial charge in [0, 0.05) is 26.2 Å². The molecule has 1 aliphatic rings. The van der Waals surface area contributed by atoms with Crippen LogP contribution in [0.4, 0.5) is 0 Å². The van der Waals surface area contributed by atoms with Crippen molar-refractivity contribution in [3.05, 3.63) is 0 Å². The quantitative estimate of drug-likeness (QED) is 0.383. The lowest BCUT2D eigenvalue weighted by atomic mass is 10.4. The number of piperazine rings is 1. The second-order valence-electron chi connectivity index (χ2n) is 2.51. The van der Waals surface area contributed by atoms with Gasteiger partial charge in [-0.1, -0.05) is 0 Å². The minimum absolute atomic E-state index is 0.935. The lowest BCUT2D eigenvalue weighted by molar-refractivity contribution is 0.126. The molecule has 4 nitrogen and oxygen atoms in total. The molecular weight excluding hydrogens is 128 g/mol. The Kier molecular flexibility index (Phi) is 2.49. The van der Waals surface area contributed by atoms with Crippen LogP contribution >= 0.6 is 0 Å². The predicted molar refractivity (Wildman–Crippen MR) is 37.8 cm³/mol. The van der Waals surface area contributed by atoms with Gasteiger partial charge in [-0.3, -0.25) is 5.43 Å². The van der Waals surface area contributed by atoms with Crippen LogP contribution in [0.1, 0.15) is 0 Å². The molecule has 10 heavy (non-hydrogen) atoms. The standard InChI is InChI=1S/C6H12N4/c1-9-2-4-10(5-3-9)8-6-7/h8H,2-5H2,1H3. The monoisotopic (exact) mass is 140 g/mol. The highest BCUT2D eigenvalue weighted by Gasteiger charge is 2.11. The van der Waals surface area contributed by atoms with Crippen molar-refractivity contribution in [1.82, 2.24) is 15.3 Å². The van der Waals surface area contributed by atoms with Crippen LogP contribution in [0, 0.1) is 11.5 Å². The molecule has 0 amide bonds. The fourth-order valence-electron chi connectivity index (χ4n) is 0.989. The first-order chi connectivity index (χ1) is 4.83. The maximum Gasteiger partial charge on any atom is 0.192 e. The molecule has 0 spiro atoms. The fourth-order valence-corrected chi connectivity index (χ4v) is 0.989. The van der Waals surface area contributed by atoms with Crippen LogP contribution in [-0.2, 0) is 0 Å². The zero-order valence-electron chi connectivity index (χ0n) is 6.17. The molecule has 1 rings (SSSR count). The van der Waals surface area contributed by atoms with Gasteiger partial charge in [-0.25, -0.2) is 5.01 Å². The average Bonchev–Trinajstić information content (AvgIpc) is 1.95. The molecule has 1 N–H and O–H groups in total. The summed E-state index contributed by atoms with van der Waals surface area (Å²) in [4.78, 5) is 2.25. The topological polar surface area (TPSA) is 42.3 Å². The van der Waals surface area contributed by atoms with E-state index in [1.807, 2.05) is 11.2 Å². The van der Waals surface area contributed by atoms with Crippen LogP contribution in [0.2, 0.25) is 0 Å². The van der Waals surface area contributed by atoms with Gasteiger partial charge in [0.05, 0.1) is 0 Å². The molecule has 0 aromatic carbocycles. The minimum Gasteiger partial charge on any atom is -0.304 e. The molecule has 0 unspecified atom stereocenters. The van der Waals surface area contributed by atoms with Crippen LogP contribution in [0.25, 0.3) is 0 Å². The van der Waals surface area contributed by atoms with Crippen molar-refractivity contribution in [3.63, 3.8) is 0 Å². The van der Waals surface area contributed by atoms with Crippen LogP contribution in [0.15, 0.2) is 0 Å². The Morgan fingerprint density at radius 3 is 2.40 bits per heavy atom. The first-order valence-electron chi connectivity index (χ1n) is 3.41. The van der Waals surface area contributed by atoms with E-state index in [0.29, 0.717) is 0 Å². The van der Waals surface area contributed by atoms with Crippen LogP contribution in [0.5, 0.6) is 0 Å². The SMILES string of the molecule is CN1CCN(NC#N)CC1. The first kappa shape index (κ1) is 7.32. The summed E-state index contributed by atoms with van der Waals surface area (Å²) in [6.45, 7) is 3.94. The molecule has 4 heteroatoms. The van der Waals surface area contributed by atoms with Gasteiger partial charge in [-0.05, 0) is 7.05 Å². The highest BCUT2D eigenvalue weighted by Crippen LogP contribution is 1.93. The number of rotatable bonds is 1. The third kappa shape index (κ3) is 1.87. The second kappa shape index (κ2) is 3.40. The normalized spacial score (nSPS) is 22.0. The lowest BCUT2D eigenvalue weighted by Gasteiger charge is -2.30. The Morgan fingerprint density at radius 2 is 1.90 bits per heavy atom. The highest BCUT2D eigenvalue weighted by molar-refractivity contribution is 4.70. The van der Waals surface area contributed by atoms with E-state index in [0.717, 1.165) is 26.2 Å². The number of nitrogens with one attached hydrogen (secondary N) is 1. The van der Waals surface area contributed by atoms with Gasteiger partial charge >= 0.3 is 0 Å². The number of hydrazine groups is 1. The maximum absolute atomic E-state index is 8.27. The molecule has 0 aromatic rings. The highest BCUT2D eigenvalue weighted by atomic mass is 15.5. The van der Waals surface area contributed by atoms with Crippen molar-refractivity contribution in [3.8, 4) is 6.19 Å². The molecule has 1 aliphatic heterocycles. The van der Waals surface area contributed by atoms with Gasteiger partial charge in [0.15, 0.2) is 6.19 Å². The Morgan fingerprint density at radius 1 is 1.30 bits per heavy atom. The predicted octanol–water partition coefficient (Wildman–Crippen LogP) is -0.781. The fraction of sp³-hybridized carbons (Fsp3) is 0.833. The molecule has 0 atom stereocenters. The Balaban J connectivity index is 2.21. The van der Waals surface area contributed by atoms with Crippen molar-refractivity contribution < 1.29 is 0 Å². The summed E-state index contributed by atoms with van der Waals surface area (Å²) < 4.78 is 0. The summed E-state index contributed by atoms with van der Waals surface area (Å²) in [5.74, 6) is 0. The number of nitriles is 1. The number of likely N-dealkylation sites (N-methyl/N-ethyl adjacent to an activating group) is 1. The van der Waals surface area contributed by atoms with Crippen molar-refractivity contribution in [2.45, 2.75) is 0 Å². The van der Waals surface area contributed by atoms with Crippen molar-refractivity contribution >= 4 is 0 Å². The second-order valence-corrected chi connectivity index (χ2v) is 2.51. The number of nitrogens with zero attached hydrogens (tertiary/aromatic N) is 3. The van der Waals surface area contributed by atoms with E-state index in [1.54, 1.807) is 0 Å². The molecule has 1 heterocycles. The van der Waals surface area contributed by atoms with Gasteiger partial charge in [-0.15, -0.1) is 0 Å². The van der Waals surface area contributed by atoms with Crippen LogP contribution in [0.3, 0.4) is 0 Å². The van der Waals surface area contributed by atoms with E-state index in [2.05, 4.69) is 17.4 Å². The third-order valence-electron chi connectivity index (χ3n) is 1.71. The largest absolute Gasteiger partial charge is 0.304 e. The minimum atomic E-state index is 0.935. The Hall–Kier alpha value is -0.790. The molecular formula is C6H12N4. The van der Waals surface area contributed by atoms with Gasteiger partial charge in [0.25, 0.3) is 0 Å². The smallest absolute Gasteiger partial charge is 0.192 e. The molecule has 0 saturated carbocycles. The van der Waals surface area contributed by atoms with Crippen LogP contribution in [-0.4, -0.2) is 43.1 Å². The van der Waals surface area contributed by atoms with Crippen molar-refractivity contribution in [2.75, 3.05) is 33.2 Å². The van der Waals surface area contributed by atoms with Crippen molar-refractivity contribution in [2.24, 2.45) is 0 Å².